The van der Waals surface area contributed by atoms with Gasteiger partial charge in [0.15, 0.2) is 0 Å². The number of piperazine rings is 1. The van der Waals surface area contributed by atoms with Crippen molar-refractivity contribution >= 4 is 10.0 Å². The first-order valence-corrected chi connectivity index (χ1v) is 10.3. The lowest BCUT2D eigenvalue weighted by Crippen LogP contribution is -2.50. The third-order valence-electron chi connectivity index (χ3n) is 5.02. The zero-order valence-electron chi connectivity index (χ0n) is 14.7. The standard InChI is InChI=1S/C18H28N2O3S/c1-15-6-7-18(16(2)13-15)24(21,22)20-10-8-19(9-11-20)14-17-5-3-4-12-23-17/h6-7,13,17H,3-5,8-12,14H2,1-2H3/t17-/m0/s1. The van der Waals surface area contributed by atoms with Gasteiger partial charge < -0.3 is 4.74 Å². The van der Waals surface area contributed by atoms with Gasteiger partial charge in [0.25, 0.3) is 0 Å². The van der Waals surface area contributed by atoms with Crippen LogP contribution in [0.1, 0.15) is 30.4 Å². The number of ether oxygens (including phenoxy) is 1. The zero-order chi connectivity index (χ0) is 17.2. The molecule has 2 heterocycles. The van der Waals surface area contributed by atoms with Gasteiger partial charge in [-0.15, -0.1) is 0 Å². The van der Waals surface area contributed by atoms with Crippen molar-refractivity contribution in [2.24, 2.45) is 0 Å². The highest BCUT2D eigenvalue weighted by molar-refractivity contribution is 7.89. The molecule has 0 unspecified atom stereocenters. The van der Waals surface area contributed by atoms with E-state index < -0.39 is 10.0 Å². The van der Waals surface area contributed by atoms with Crippen molar-refractivity contribution in [1.82, 2.24) is 9.21 Å². The summed E-state index contributed by atoms with van der Waals surface area (Å²) in [5, 5.41) is 0. The molecule has 2 aliphatic heterocycles. The molecule has 0 amide bonds. The lowest BCUT2D eigenvalue weighted by atomic mass is 10.1. The number of rotatable bonds is 4. The summed E-state index contributed by atoms with van der Waals surface area (Å²) in [5.74, 6) is 0. The number of aryl methyl sites for hydroxylation is 2. The molecule has 134 valence electrons. The van der Waals surface area contributed by atoms with Crippen molar-refractivity contribution < 1.29 is 13.2 Å². The molecule has 1 aromatic rings. The number of hydrogen-bond acceptors (Lipinski definition) is 4. The predicted molar refractivity (Wildman–Crippen MR) is 94.7 cm³/mol. The molecule has 1 aromatic carbocycles. The molecule has 0 aromatic heterocycles. The zero-order valence-corrected chi connectivity index (χ0v) is 15.5. The van der Waals surface area contributed by atoms with E-state index >= 15 is 0 Å². The fourth-order valence-electron chi connectivity index (χ4n) is 3.62. The minimum Gasteiger partial charge on any atom is -0.377 e. The van der Waals surface area contributed by atoms with E-state index in [1.165, 1.54) is 12.8 Å². The van der Waals surface area contributed by atoms with Crippen molar-refractivity contribution in [3.8, 4) is 0 Å². The molecule has 6 heteroatoms. The Bertz CT molecular complexity index is 661. The number of benzene rings is 1. The van der Waals surface area contributed by atoms with E-state index in [2.05, 4.69) is 4.90 Å². The minimum atomic E-state index is -3.39. The molecule has 1 atom stereocenters. The summed E-state index contributed by atoms with van der Waals surface area (Å²) in [6, 6.07) is 5.54. The van der Waals surface area contributed by atoms with Crippen LogP contribution in [0.25, 0.3) is 0 Å². The quantitative estimate of drug-likeness (QED) is 0.833. The van der Waals surface area contributed by atoms with Gasteiger partial charge in [-0.3, -0.25) is 4.90 Å². The first kappa shape index (κ1) is 17.9. The first-order chi connectivity index (χ1) is 11.5. The largest absolute Gasteiger partial charge is 0.377 e. The number of nitrogens with zero attached hydrogens (tertiary/aromatic N) is 2. The van der Waals surface area contributed by atoms with Crippen LogP contribution in [0.5, 0.6) is 0 Å². The van der Waals surface area contributed by atoms with Crippen LogP contribution in [-0.4, -0.2) is 63.1 Å². The Balaban J connectivity index is 1.61. The molecule has 2 aliphatic rings. The van der Waals surface area contributed by atoms with Crippen LogP contribution in [0.15, 0.2) is 23.1 Å². The molecule has 24 heavy (non-hydrogen) atoms. The summed E-state index contributed by atoms with van der Waals surface area (Å²) in [6.45, 7) is 8.33. The van der Waals surface area contributed by atoms with Crippen molar-refractivity contribution in [3.05, 3.63) is 29.3 Å². The number of sulfonamides is 1. The molecular formula is C18H28N2O3S. The fraction of sp³-hybridized carbons (Fsp3) is 0.667. The molecular weight excluding hydrogens is 324 g/mol. The smallest absolute Gasteiger partial charge is 0.243 e. The highest BCUT2D eigenvalue weighted by Gasteiger charge is 2.30. The van der Waals surface area contributed by atoms with Crippen molar-refractivity contribution in [1.29, 1.82) is 0 Å². The van der Waals surface area contributed by atoms with Gasteiger partial charge in [-0.05, 0) is 44.7 Å². The Morgan fingerprint density at radius 2 is 1.88 bits per heavy atom. The Labute approximate surface area is 145 Å². The summed E-state index contributed by atoms with van der Waals surface area (Å²) in [7, 11) is -3.39. The Morgan fingerprint density at radius 3 is 2.50 bits per heavy atom. The third-order valence-corrected chi connectivity index (χ3v) is 7.07. The SMILES string of the molecule is Cc1ccc(S(=O)(=O)N2CCN(C[C@@H]3CCCCO3)CC2)c(C)c1. The van der Waals surface area contributed by atoms with Crippen LogP contribution in [0.4, 0.5) is 0 Å². The normalized spacial score (nSPS) is 24.2. The summed E-state index contributed by atoms with van der Waals surface area (Å²) in [4.78, 5) is 2.78. The Hall–Kier alpha value is -0.950. The Morgan fingerprint density at radius 1 is 1.12 bits per heavy atom. The Kier molecular flexibility index (Phi) is 5.59. The van der Waals surface area contributed by atoms with Crippen LogP contribution < -0.4 is 0 Å². The highest BCUT2D eigenvalue weighted by Crippen LogP contribution is 2.22. The molecule has 2 saturated heterocycles. The maximum absolute atomic E-state index is 12.9. The topological polar surface area (TPSA) is 49.9 Å². The van der Waals surface area contributed by atoms with Crippen molar-refractivity contribution in [2.45, 2.75) is 44.1 Å². The van der Waals surface area contributed by atoms with Gasteiger partial charge in [0.2, 0.25) is 10.0 Å². The van der Waals surface area contributed by atoms with Gasteiger partial charge in [0.1, 0.15) is 0 Å². The van der Waals surface area contributed by atoms with Crippen LogP contribution in [0.2, 0.25) is 0 Å². The van der Waals surface area contributed by atoms with Crippen LogP contribution in [0.3, 0.4) is 0 Å². The van der Waals surface area contributed by atoms with Crippen molar-refractivity contribution in [2.75, 3.05) is 39.3 Å². The van der Waals surface area contributed by atoms with Gasteiger partial charge >= 0.3 is 0 Å². The molecule has 0 saturated carbocycles. The molecule has 5 nitrogen and oxygen atoms in total. The summed E-state index contributed by atoms with van der Waals surface area (Å²) >= 11 is 0. The van der Waals surface area contributed by atoms with Gasteiger partial charge in [-0.1, -0.05) is 17.7 Å². The van der Waals surface area contributed by atoms with E-state index in [9.17, 15) is 8.42 Å². The maximum atomic E-state index is 12.9. The average Bonchev–Trinajstić information content (AvgIpc) is 2.56. The minimum absolute atomic E-state index is 0.321. The van der Waals surface area contributed by atoms with Crippen LogP contribution in [0, 0.1) is 13.8 Å². The fourth-order valence-corrected chi connectivity index (χ4v) is 5.25. The second kappa shape index (κ2) is 7.52. The summed E-state index contributed by atoms with van der Waals surface area (Å²) in [6.07, 6.45) is 3.85. The molecule has 0 bridgehead atoms. The maximum Gasteiger partial charge on any atom is 0.243 e. The first-order valence-electron chi connectivity index (χ1n) is 8.88. The van der Waals surface area contributed by atoms with E-state index in [1.54, 1.807) is 10.4 Å². The highest BCUT2D eigenvalue weighted by atomic mass is 32.2. The lowest BCUT2D eigenvalue weighted by Gasteiger charge is -2.36. The molecule has 3 rings (SSSR count). The molecule has 0 radical (unpaired) electrons. The molecule has 2 fully saturated rings. The molecule has 0 aliphatic carbocycles. The van der Waals surface area contributed by atoms with Gasteiger partial charge in [0.05, 0.1) is 11.0 Å². The van der Waals surface area contributed by atoms with E-state index in [0.29, 0.717) is 24.1 Å². The summed E-state index contributed by atoms with van der Waals surface area (Å²) in [5.41, 5.74) is 1.91. The van der Waals surface area contributed by atoms with E-state index in [1.807, 2.05) is 26.0 Å². The summed E-state index contributed by atoms with van der Waals surface area (Å²) < 4.78 is 33.2. The van der Waals surface area contributed by atoms with Crippen LogP contribution >= 0.6 is 0 Å². The van der Waals surface area contributed by atoms with Gasteiger partial charge in [-0.25, -0.2) is 8.42 Å². The van der Waals surface area contributed by atoms with E-state index in [4.69, 9.17) is 4.74 Å². The van der Waals surface area contributed by atoms with Crippen LogP contribution in [-0.2, 0) is 14.8 Å². The monoisotopic (exact) mass is 352 g/mol. The van der Waals surface area contributed by atoms with Gasteiger partial charge in [0, 0.05) is 39.3 Å². The number of hydrogen-bond donors (Lipinski definition) is 0. The van der Waals surface area contributed by atoms with E-state index in [0.717, 1.165) is 43.8 Å². The lowest BCUT2D eigenvalue weighted by molar-refractivity contribution is -0.0103. The predicted octanol–water partition coefficient (Wildman–Crippen LogP) is 2.18. The molecule has 0 spiro atoms. The second-order valence-corrected chi connectivity index (χ2v) is 8.87. The second-order valence-electron chi connectivity index (χ2n) is 6.96. The van der Waals surface area contributed by atoms with Gasteiger partial charge in [-0.2, -0.15) is 4.31 Å². The van der Waals surface area contributed by atoms with Crippen molar-refractivity contribution in [3.63, 3.8) is 0 Å². The van der Waals surface area contributed by atoms with E-state index in [-0.39, 0.29) is 0 Å². The molecule has 0 N–H and O–H groups in total. The average molecular weight is 353 g/mol. The third kappa shape index (κ3) is 3.99.